The Morgan fingerprint density at radius 2 is 2.05 bits per heavy atom. The fraction of sp³-hybridized carbons (Fsp3) is 0.267. The van der Waals surface area contributed by atoms with Crippen molar-refractivity contribution in [1.82, 2.24) is 4.57 Å². The van der Waals surface area contributed by atoms with Gasteiger partial charge in [-0.3, -0.25) is 0 Å². The SMILES string of the molecule is C=Cc1ccc2c([c-]cn2C(=O)OC(C)(C)C)c1.[Am].[Y]. The molecular weight excluding hydrogens is 558 g/mol. The minimum atomic E-state index is -0.505. The van der Waals surface area contributed by atoms with Crippen LogP contribution in [0.2, 0.25) is 0 Å². The second-order valence-electron chi connectivity index (χ2n) is 5.10. The van der Waals surface area contributed by atoms with E-state index in [1.54, 1.807) is 12.3 Å². The molecule has 0 saturated heterocycles. The molecule has 3 nitrogen and oxygen atoms in total. The van der Waals surface area contributed by atoms with E-state index in [9.17, 15) is 4.79 Å². The summed E-state index contributed by atoms with van der Waals surface area (Å²) in [4.78, 5) is 12.0. The van der Waals surface area contributed by atoms with E-state index in [0.29, 0.717) is 0 Å². The molecule has 0 spiro atoms. The summed E-state index contributed by atoms with van der Waals surface area (Å²) in [6.45, 7) is 9.25. The molecule has 0 aliphatic rings. The van der Waals surface area contributed by atoms with Crippen LogP contribution in [-0.4, -0.2) is 16.3 Å². The summed E-state index contributed by atoms with van der Waals surface area (Å²) in [6, 6.07) is 8.75. The van der Waals surface area contributed by atoms with Crippen molar-refractivity contribution in [2.75, 3.05) is 0 Å². The molecule has 2 aromatic rings. The molecule has 20 heavy (non-hydrogen) atoms. The van der Waals surface area contributed by atoms with Crippen LogP contribution >= 0.6 is 0 Å². The number of rotatable bonds is 1. The first-order valence-corrected chi connectivity index (χ1v) is 5.79. The zero-order valence-corrected chi connectivity index (χ0v) is 17.8. The van der Waals surface area contributed by atoms with Crippen molar-refractivity contribution in [3.8, 4) is 0 Å². The van der Waals surface area contributed by atoms with Gasteiger partial charge in [0, 0.05) is 47.0 Å². The first-order chi connectivity index (χ1) is 8.40. The van der Waals surface area contributed by atoms with Crippen molar-refractivity contribution < 1.29 is 56.5 Å². The number of carbonyl (C=O) groups excluding carboxylic acids is 1. The van der Waals surface area contributed by atoms with E-state index in [1.165, 1.54) is 4.57 Å². The molecule has 1 aromatic heterocycles. The number of hydrogen-bond donors (Lipinski definition) is 0. The molecule has 0 fully saturated rings. The summed E-state index contributed by atoms with van der Waals surface area (Å²) in [5.74, 6) is 0. The van der Waals surface area contributed by atoms with E-state index < -0.39 is 5.60 Å². The van der Waals surface area contributed by atoms with E-state index in [0.717, 1.165) is 16.5 Å². The van der Waals surface area contributed by atoms with Gasteiger partial charge in [-0.2, -0.15) is 17.5 Å². The van der Waals surface area contributed by atoms with Crippen molar-refractivity contribution in [3.05, 3.63) is 42.6 Å². The van der Waals surface area contributed by atoms with Crippen molar-refractivity contribution in [1.29, 1.82) is 0 Å². The fourth-order valence-electron chi connectivity index (χ4n) is 1.67. The standard InChI is InChI=1S/C15H16NO2.Am.Y/c1-5-11-6-7-13-12(10-11)8-9-16(13)14(17)18-15(2,3)4;;/h5-7,9-10H,1H2,2-4H3;;/q-1;;. The average molecular weight is 574 g/mol. The number of aromatic nitrogens is 1. The molecule has 0 aliphatic heterocycles. The topological polar surface area (TPSA) is 31.2 Å². The maximum atomic E-state index is 12.0. The van der Waals surface area contributed by atoms with E-state index in [1.807, 2.05) is 39.0 Å². The van der Waals surface area contributed by atoms with Gasteiger partial charge in [0.05, 0.1) is 0 Å². The molecule has 2 rings (SSSR count). The average Bonchev–Trinajstić information content (AvgIpc) is 2.69. The Balaban J connectivity index is 0.00000180. The monoisotopic (exact) mass is 572 g/mol. The molecule has 0 saturated carbocycles. The largest absolute Gasteiger partial charge is 0.444 e. The van der Waals surface area contributed by atoms with Gasteiger partial charge >= 0.3 is 6.09 Å². The first kappa shape index (κ1) is 19.5. The van der Waals surface area contributed by atoms with Crippen LogP contribution in [0.5, 0.6) is 0 Å². The molecule has 2 radical (unpaired) electrons. The van der Waals surface area contributed by atoms with Crippen LogP contribution in [0.1, 0.15) is 26.3 Å². The summed E-state index contributed by atoms with van der Waals surface area (Å²) in [5.41, 5.74) is 1.28. The minimum Gasteiger partial charge on any atom is -0.444 e. The molecule has 1 aromatic carbocycles. The number of hydrogen-bond acceptors (Lipinski definition) is 2. The van der Waals surface area contributed by atoms with Crippen molar-refractivity contribution >= 4 is 23.1 Å². The van der Waals surface area contributed by atoms with Crippen LogP contribution < -0.4 is 0 Å². The predicted molar refractivity (Wildman–Crippen MR) is 72.5 cm³/mol. The Labute approximate surface area is 152 Å². The smallest absolute Gasteiger partial charge is 0.406 e. The van der Waals surface area contributed by atoms with Gasteiger partial charge in [-0.15, -0.1) is 0 Å². The predicted octanol–water partition coefficient (Wildman–Crippen LogP) is 3.87. The Bertz CT molecular complexity index is 614. The van der Waals surface area contributed by atoms with Gasteiger partial charge in [-0.05, 0) is 20.8 Å². The van der Waals surface area contributed by atoms with Crippen molar-refractivity contribution in [2.24, 2.45) is 0 Å². The Morgan fingerprint density at radius 1 is 1.40 bits per heavy atom. The molecule has 5 heteroatoms. The Morgan fingerprint density at radius 3 is 2.60 bits per heavy atom. The third kappa shape index (κ3) is 4.49. The second kappa shape index (κ2) is 7.47. The summed E-state index contributed by atoms with van der Waals surface area (Å²) in [5, 5.41) is 0.873. The Hall–Kier alpha value is -0.536. The molecule has 0 atom stereocenters. The van der Waals surface area contributed by atoms with Crippen molar-refractivity contribution in [2.45, 2.75) is 26.4 Å². The molecule has 0 unspecified atom stereocenters. The van der Waals surface area contributed by atoms with Gasteiger partial charge in [0.15, 0.2) is 0 Å². The Kier molecular flexibility index (Phi) is 7.27. The number of benzene rings is 1. The molecule has 0 amide bonds. The van der Waals surface area contributed by atoms with Gasteiger partial charge in [0.1, 0.15) is 5.60 Å². The van der Waals surface area contributed by atoms with E-state index in [2.05, 4.69) is 12.6 Å². The maximum Gasteiger partial charge on any atom is 0.406 e. The second-order valence-corrected chi connectivity index (χ2v) is 5.10. The zero-order chi connectivity index (χ0) is 13.3. The molecule has 0 aliphatic carbocycles. The van der Waals surface area contributed by atoms with Gasteiger partial charge in [0.25, 0.3) is 0 Å². The van der Waals surface area contributed by atoms with Crippen molar-refractivity contribution in [3.63, 3.8) is 0 Å². The summed E-state index contributed by atoms with van der Waals surface area (Å²) in [6.07, 6.45) is 2.98. The van der Waals surface area contributed by atoms with Crippen LogP contribution in [0.25, 0.3) is 17.0 Å². The van der Waals surface area contributed by atoms with Crippen LogP contribution in [-0.2, 0) is 37.4 Å². The normalized spacial score (nSPS) is 10.3. The van der Waals surface area contributed by atoms with E-state index in [4.69, 9.17) is 4.74 Å². The minimum absolute atomic E-state index is 0. The number of carbonyl (C=O) groups is 1. The number of fused-ring (bicyclic) bond motifs is 1. The molecule has 0 N–H and O–H groups in total. The number of ether oxygens (including phenoxy) is 1. The molecule has 0 bridgehead atoms. The zero-order valence-electron chi connectivity index (χ0n) is 11.8. The molecule has 1 heterocycles. The number of nitrogens with zero attached hydrogens (tertiary/aromatic N) is 1. The summed E-state index contributed by atoms with van der Waals surface area (Å²) < 4.78 is 6.80. The van der Waals surface area contributed by atoms with E-state index in [-0.39, 0.29) is 53.1 Å². The first-order valence-electron chi connectivity index (χ1n) is 5.79. The van der Waals surface area contributed by atoms with Gasteiger partial charge in [0.2, 0.25) is 0 Å². The van der Waals surface area contributed by atoms with Gasteiger partial charge in [-0.25, -0.2) is 4.79 Å². The fourth-order valence-corrected chi connectivity index (χ4v) is 1.67. The van der Waals surface area contributed by atoms with Gasteiger partial charge < -0.3 is 9.30 Å². The molecular formula is C15H16AmNO2Y-. The van der Waals surface area contributed by atoms with Crippen LogP contribution in [0, 0.1) is 20.3 Å². The third-order valence-corrected chi connectivity index (χ3v) is 2.46. The van der Waals surface area contributed by atoms with Crippen LogP contribution in [0.4, 0.5) is 4.79 Å². The summed E-state index contributed by atoms with van der Waals surface area (Å²) >= 11 is 0. The quantitative estimate of drug-likeness (QED) is 0.485. The van der Waals surface area contributed by atoms with Crippen LogP contribution in [0.3, 0.4) is 0 Å². The van der Waals surface area contributed by atoms with Crippen LogP contribution in [0.15, 0.2) is 31.0 Å². The molecule has 104 valence electrons. The summed E-state index contributed by atoms with van der Waals surface area (Å²) in [7, 11) is 0. The van der Waals surface area contributed by atoms with E-state index >= 15 is 0 Å². The third-order valence-electron chi connectivity index (χ3n) is 2.46. The maximum absolute atomic E-state index is 12.0. The van der Waals surface area contributed by atoms with Gasteiger partial charge in [-0.1, -0.05) is 42.1 Å².